The van der Waals surface area contributed by atoms with Crippen LogP contribution >= 0.6 is 0 Å². The summed E-state index contributed by atoms with van der Waals surface area (Å²) in [4.78, 5) is 169. The summed E-state index contributed by atoms with van der Waals surface area (Å²) in [6.07, 6.45) is 4.30. The van der Waals surface area contributed by atoms with E-state index in [0.717, 1.165) is 9.80 Å². The summed E-state index contributed by atoms with van der Waals surface area (Å²) >= 11 is 0. The highest BCUT2D eigenvalue weighted by atomic mass is 16.3. The zero-order valence-corrected chi connectivity index (χ0v) is 56.3. The smallest absolute Gasteiger partial charge is 0.246 e. The van der Waals surface area contributed by atoms with Gasteiger partial charge in [-0.1, -0.05) is 122 Å². The molecule has 0 aromatic carbocycles. The van der Waals surface area contributed by atoms with Crippen molar-refractivity contribution in [1.29, 1.82) is 0 Å². The highest BCUT2D eigenvalue weighted by molar-refractivity contribution is 5.99. The molecule has 1 aliphatic rings. The molecule has 0 radical (unpaired) electrons. The van der Waals surface area contributed by atoms with Gasteiger partial charge in [0, 0.05) is 49.3 Å². The number of amides is 11. The predicted octanol–water partition coefficient (Wildman–Crippen LogP) is 3.44. The van der Waals surface area contributed by atoms with Crippen LogP contribution in [0.25, 0.3) is 0 Å². The molecule has 1 fully saturated rings. The number of nitrogens with one attached hydrogen (secondary N) is 4. The van der Waals surface area contributed by atoms with E-state index in [9.17, 15) is 48.3 Å². The molecular weight excluding hydrogens is 1100 g/mol. The highest BCUT2D eigenvalue weighted by Gasteiger charge is 2.45. The topological polar surface area (TPSA) is 279 Å². The Kier molecular flexibility index (Phi) is 32.0. The summed E-state index contributed by atoms with van der Waals surface area (Å²) in [6, 6.07) is -12.4. The van der Waals surface area contributed by atoms with Crippen molar-refractivity contribution < 1.29 is 57.8 Å². The fourth-order valence-corrected chi connectivity index (χ4v) is 10.7. The third-order valence-corrected chi connectivity index (χ3v) is 16.1. The van der Waals surface area contributed by atoms with Gasteiger partial charge in [-0.2, -0.15) is 0 Å². The first-order chi connectivity index (χ1) is 39.7. The molecule has 0 aromatic heterocycles. The summed E-state index contributed by atoms with van der Waals surface area (Å²) in [7, 11) is 9.88. The van der Waals surface area contributed by atoms with Crippen molar-refractivity contribution >= 4 is 65.0 Å². The quantitative estimate of drug-likeness (QED) is 0.139. The lowest BCUT2D eigenvalue weighted by Crippen LogP contribution is -2.63. The van der Waals surface area contributed by atoms with E-state index >= 15 is 9.59 Å². The zero-order chi connectivity index (χ0) is 66.7. The molecule has 86 heavy (non-hydrogen) atoms. The summed E-state index contributed by atoms with van der Waals surface area (Å²) in [5, 5.41) is 23.1. The van der Waals surface area contributed by atoms with E-state index in [0.29, 0.717) is 0 Å². The van der Waals surface area contributed by atoms with Crippen LogP contribution in [0, 0.1) is 41.4 Å². The number of carbonyl (C=O) groups excluding carboxylic acids is 11. The first-order valence-corrected chi connectivity index (χ1v) is 30.7. The second kappa shape index (κ2) is 35.4. The minimum Gasteiger partial charge on any atom is -0.390 e. The van der Waals surface area contributed by atoms with Crippen LogP contribution in [0.1, 0.15) is 149 Å². The van der Waals surface area contributed by atoms with Crippen molar-refractivity contribution in [2.24, 2.45) is 41.4 Å². The van der Waals surface area contributed by atoms with Crippen LogP contribution in [0.3, 0.4) is 0 Å². The van der Waals surface area contributed by atoms with E-state index in [2.05, 4.69) is 27.8 Å². The number of likely N-dealkylation sites (N-methyl/N-ethyl adjacent to an activating group) is 7. The van der Waals surface area contributed by atoms with E-state index < -0.39 is 156 Å². The Morgan fingerprint density at radius 1 is 0.477 bits per heavy atom. The van der Waals surface area contributed by atoms with Crippen molar-refractivity contribution in [2.75, 3.05) is 55.9 Å². The summed E-state index contributed by atoms with van der Waals surface area (Å²) < 4.78 is 0. The Balaban J connectivity index is 4.34. The minimum absolute atomic E-state index is 0.0125. The fourth-order valence-electron chi connectivity index (χ4n) is 10.7. The molecule has 0 aliphatic carbocycles. The van der Waals surface area contributed by atoms with Crippen molar-refractivity contribution in [2.45, 2.75) is 216 Å². The molecule has 1 aliphatic heterocycles. The Morgan fingerprint density at radius 2 is 0.895 bits per heavy atom. The zero-order valence-electron chi connectivity index (χ0n) is 56.3. The van der Waals surface area contributed by atoms with Gasteiger partial charge >= 0.3 is 0 Å². The molecule has 490 valence electrons. The number of rotatable bonds is 16. The maximum absolute atomic E-state index is 15.2. The molecule has 1 saturated heterocycles. The second-order valence-electron chi connectivity index (χ2n) is 26.2. The van der Waals surface area contributed by atoms with Gasteiger partial charge in [0.1, 0.15) is 60.4 Å². The van der Waals surface area contributed by atoms with Gasteiger partial charge in [0.25, 0.3) is 0 Å². The molecule has 12 atom stereocenters. The molecular formula is C63H111N11O12. The monoisotopic (exact) mass is 1210 g/mol. The third kappa shape index (κ3) is 21.8. The number of hydrogen-bond donors (Lipinski definition) is 5. The molecule has 0 bridgehead atoms. The lowest BCUT2D eigenvalue weighted by Gasteiger charge is -2.41. The van der Waals surface area contributed by atoms with E-state index in [1.54, 1.807) is 59.8 Å². The van der Waals surface area contributed by atoms with Crippen LogP contribution in [0.4, 0.5) is 0 Å². The molecule has 23 nitrogen and oxygen atoms in total. The molecule has 0 saturated carbocycles. The minimum atomic E-state index is -1.64. The molecule has 1 rings (SSSR count). The van der Waals surface area contributed by atoms with E-state index in [-0.39, 0.29) is 62.2 Å². The Labute approximate surface area is 514 Å². The van der Waals surface area contributed by atoms with Gasteiger partial charge in [-0.15, -0.1) is 0 Å². The van der Waals surface area contributed by atoms with Crippen molar-refractivity contribution in [1.82, 2.24) is 55.6 Å². The molecule has 0 aromatic rings. The second-order valence-corrected chi connectivity index (χ2v) is 26.2. The van der Waals surface area contributed by atoms with Gasteiger partial charge in [0.2, 0.25) is 65.0 Å². The molecule has 1 heterocycles. The average Bonchev–Trinajstić information content (AvgIpc) is 3.63. The van der Waals surface area contributed by atoms with Crippen LogP contribution < -0.4 is 21.3 Å². The number of carbonyl (C=O) groups is 11. The molecule has 11 amide bonds. The molecule has 0 spiro atoms. The van der Waals surface area contributed by atoms with Gasteiger partial charge < -0.3 is 60.7 Å². The van der Waals surface area contributed by atoms with Gasteiger partial charge in [0.15, 0.2) is 0 Å². The Bertz CT molecular complexity index is 2380. The van der Waals surface area contributed by atoms with Crippen LogP contribution in [-0.2, 0) is 52.7 Å². The number of allylic oxidation sites excluding steroid dienone is 3. The predicted molar refractivity (Wildman–Crippen MR) is 333 cm³/mol. The van der Waals surface area contributed by atoms with Crippen molar-refractivity contribution in [3.8, 4) is 0 Å². The summed E-state index contributed by atoms with van der Waals surface area (Å²) in [5.41, 5.74) is 0. The Morgan fingerprint density at radius 3 is 1.35 bits per heavy atom. The average molecular weight is 1210 g/mol. The van der Waals surface area contributed by atoms with Gasteiger partial charge in [-0.25, -0.2) is 0 Å². The normalized spacial score (nSPS) is 26.7. The first kappa shape index (κ1) is 77.6. The van der Waals surface area contributed by atoms with Crippen LogP contribution in [-0.4, -0.2) is 227 Å². The first-order valence-electron chi connectivity index (χ1n) is 30.7. The van der Waals surface area contributed by atoms with Gasteiger partial charge in [-0.05, 0) is 93.8 Å². The van der Waals surface area contributed by atoms with Gasteiger partial charge in [0.05, 0.1) is 12.6 Å². The van der Waals surface area contributed by atoms with E-state index in [1.807, 2.05) is 55.4 Å². The van der Waals surface area contributed by atoms with Crippen LogP contribution in [0.15, 0.2) is 24.8 Å². The fraction of sp³-hybridized carbons (Fsp3) is 0.762. The summed E-state index contributed by atoms with van der Waals surface area (Å²) in [6.45, 7) is 31.2. The highest BCUT2D eigenvalue weighted by Crippen LogP contribution is 2.26. The van der Waals surface area contributed by atoms with E-state index in [1.165, 1.54) is 87.7 Å². The SMILES string of the molecule is C=C/C=C\C[C@@H](C)[C@@H](O)[C@H]1C(=O)N[C@@H](CC)C(=O)N(C)CC(=O)N(C)[C@@H](CC(C)C)C(=O)N[C@@H](C(C)C)C(=O)N(C)[C@@H](CC(C)C)C(=O)N[C@@H](C)C(=O)N[C@H](C)C(=O)N(C)[C@@H](CC(C)C)C(=O)N(C)[C@@H](CC(C)C)C(=O)N(C)[C@@H](C(C)C)C(=O)N1C. The number of hydrogen-bond acceptors (Lipinski definition) is 12. The van der Waals surface area contributed by atoms with Crippen LogP contribution in [0.2, 0.25) is 0 Å². The molecule has 23 heteroatoms. The van der Waals surface area contributed by atoms with Crippen molar-refractivity contribution in [3.63, 3.8) is 0 Å². The largest absolute Gasteiger partial charge is 0.390 e. The third-order valence-electron chi connectivity index (χ3n) is 16.1. The molecule has 5 N–H and O–H groups in total. The van der Waals surface area contributed by atoms with Gasteiger partial charge in [-0.3, -0.25) is 52.7 Å². The van der Waals surface area contributed by atoms with Crippen molar-refractivity contribution in [3.05, 3.63) is 24.8 Å². The Hall–Kier alpha value is -6.39. The number of aliphatic hydroxyl groups is 1. The summed E-state index contributed by atoms with van der Waals surface area (Å²) in [5.74, 6) is -9.86. The maximum atomic E-state index is 15.2. The number of aliphatic hydroxyl groups excluding tert-OH is 1. The van der Waals surface area contributed by atoms with Crippen LogP contribution in [0.5, 0.6) is 0 Å². The molecule has 0 unspecified atom stereocenters. The standard InChI is InChI=1S/C63H111N11O12/c1-25-27-28-29-41(15)53(76)52-57(80)66-44(26-2)59(82)68(18)34-49(75)69(19)45(30-35(3)4)56(79)67-50(39(11)12)62(85)70(20)46(31-36(5)6)55(78)64-42(16)54(77)65-43(17)58(81)71(21)47(32-37(7)8)60(83)72(22)48(33-38(9)10)61(84)73(23)51(40(13)14)63(86)74(52)24/h25,27-28,35-48,50-53,76H,1,26,29-34H2,2-24H3,(H,64,78)(H,65,77)(H,66,80)(H,67,79)/b28-27-/t41-,42+,43-,44+,45+,46+,47+,48+,50+,51+,52+,53-/m1/s1. The maximum Gasteiger partial charge on any atom is 0.246 e. The number of nitrogens with zero attached hydrogens (tertiary/aromatic N) is 7. The van der Waals surface area contributed by atoms with E-state index in [4.69, 9.17) is 0 Å². The lowest BCUT2D eigenvalue weighted by molar-refractivity contribution is -0.157. The lowest BCUT2D eigenvalue weighted by atomic mass is 9.91.